The normalized spacial score (nSPS) is 12.3. The lowest BCUT2D eigenvalue weighted by atomic mass is 10.2. The SMILES string of the molecule is CCOc1cc(N(CC)C(C)COC)c(N)cc1F. The van der Waals surface area contributed by atoms with Crippen LogP contribution in [0.3, 0.4) is 0 Å². The quantitative estimate of drug-likeness (QED) is 0.774. The van der Waals surface area contributed by atoms with Crippen LogP contribution in [-0.4, -0.2) is 32.9 Å². The van der Waals surface area contributed by atoms with Crippen molar-refractivity contribution in [2.45, 2.75) is 26.8 Å². The van der Waals surface area contributed by atoms with E-state index < -0.39 is 5.82 Å². The molecule has 0 fully saturated rings. The first kappa shape index (κ1) is 15.6. The van der Waals surface area contributed by atoms with E-state index in [1.165, 1.54) is 6.07 Å². The zero-order valence-corrected chi connectivity index (χ0v) is 12.1. The molecular weight excluding hydrogens is 247 g/mol. The van der Waals surface area contributed by atoms with Crippen molar-refractivity contribution in [3.63, 3.8) is 0 Å². The maximum absolute atomic E-state index is 13.7. The molecule has 0 amide bonds. The Morgan fingerprint density at radius 1 is 1.37 bits per heavy atom. The van der Waals surface area contributed by atoms with Gasteiger partial charge in [-0.1, -0.05) is 0 Å². The number of benzene rings is 1. The molecule has 0 aliphatic heterocycles. The van der Waals surface area contributed by atoms with Crippen LogP contribution in [0.5, 0.6) is 5.75 Å². The number of methoxy groups -OCH3 is 1. The predicted octanol–water partition coefficient (Wildman–Crippen LogP) is 2.67. The summed E-state index contributed by atoms with van der Waals surface area (Å²) in [6.45, 7) is 7.63. The van der Waals surface area contributed by atoms with Crippen molar-refractivity contribution in [1.29, 1.82) is 0 Å². The van der Waals surface area contributed by atoms with Crippen LogP contribution < -0.4 is 15.4 Å². The largest absolute Gasteiger partial charge is 0.491 e. The Hall–Kier alpha value is -1.49. The van der Waals surface area contributed by atoms with E-state index >= 15 is 0 Å². The molecule has 19 heavy (non-hydrogen) atoms. The summed E-state index contributed by atoms with van der Waals surface area (Å²) in [5.41, 5.74) is 7.10. The lowest BCUT2D eigenvalue weighted by Crippen LogP contribution is -2.36. The Kier molecular flexibility index (Phi) is 5.89. The second kappa shape index (κ2) is 7.19. The van der Waals surface area contributed by atoms with Crippen molar-refractivity contribution in [2.75, 3.05) is 37.5 Å². The third-order valence-electron chi connectivity index (χ3n) is 2.97. The number of nitrogens with two attached hydrogens (primary N) is 1. The van der Waals surface area contributed by atoms with Crippen molar-refractivity contribution >= 4 is 11.4 Å². The summed E-state index contributed by atoms with van der Waals surface area (Å²) in [4.78, 5) is 2.07. The number of likely N-dealkylation sites (N-methyl/N-ethyl adjacent to an activating group) is 1. The summed E-state index contributed by atoms with van der Waals surface area (Å²) in [5.74, 6) is -0.201. The minimum absolute atomic E-state index is 0.150. The number of ether oxygens (including phenoxy) is 2. The van der Waals surface area contributed by atoms with Crippen LogP contribution in [-0.2, 0) is 4.74 Å². The number of hydrogen-bond donors (Lipinski definition) is 1. The van der Waals surface area contributed by atoms with Gasteiger partial charge in [0.2, 0.25) is 0 Å². The molecule has 0 saturated carbocycles. The van der Waals surface area contributed by atoms with E-state index in [4.69, 9.17) is 15.2 Å². The second-order valence-electron chi connectivity index (χ2n) is 4.36. The number of hydrogen-bond acceptors (Lipinski definition) is 4. The van der Waals surface area contributed by atoms with Gasteiger partial charge in [-0.05, 0) is 20.8 Å². The van der Waals surface area contributed by atoms with Crippen molar-refractivity contribution in [2.24, 2.45) is 0 Å². The van der Waals surface area contributed by atoms with Gasteiger partial charge in [0.05, 0.1) is 24.6 Å². The van der Waals surface area contributed by atoms with Crippen molar-refractivity contribution in [3.05, 3.63) is 17.9 Å². The molecule has 0 aromatic heterocycles. The van der Waals surface area contributed by atoms with Gasteiger partial charge >= 0.3 is 0 Å². The standard InChI is InChI=1S/C14H23FN2O2/c1-5-17(10(3)9-18-4)13-8-14(19-6-2)11(15)7-12(13)16/h7-8,10H,5-6,9,16H2,1-4H3. The monoisotopic (exact) mass is 270 g/mol. The summed E-state index contributed by atoms with van der Waals surface area (Å²) in [6, 6.07) is 3.11. The molecule has 0 radical (unpaired) electrons. The Morgan fingerprint density at radius 2 is 2.05 bits per heavy atom. The summed E-state index contributed by atoms with van der Waals surface area (Å²) < 4.78 is 24.1. The molecule has 0 aliphatic rings. The van der Waals surface area contributed by atoms with Gasteiger partial charge in [-0.3, -0.25) is 0 Å². The van der Waals surface area contributed by atoms with Crippen LogP contribution in [0.25, 0.3) is 0 Å². The van der Waals surface area contributed by atoms with Crippen LogP contribution >= 0.6 is 0 Å². The number of nitrogen functional groups attached to an aromatic ring is 1. The van der Waals surface area contributed by atoms with Crippen LogP contribution in [0, 0.1) is 5.82 Å². The zero-order valence-electron chi connectivity index (χ0n) is 12.1. The minimum Gasteiger partial charge on any atom is -0.491 e. The Labute approximate surface area is 114 Å². The maximum atomic E-state index is 13.7. The fourth-order valence-corrected chi connectivity index (χ4v) is 2.12. The van der Waals surface area contributed by atoms with E-state index in [0.29, 0.717) is 18.9 Å². The fraction of sp³-hybridized carbons (Fsp3) is 0.571. The third-order valence-corrected chi connectivity index (χ3v) is 2.97. The number of rotatable bonds is 7. The number of nitrogens with zero attached hydrogens (tertiary/aromatic N) is 1. The first-order valence-electron chi connectivity index (χ1n) is 6.52. The lowest BCUT2D eigenvalue weighted by molar-refractivity contribution is 0.182. The molecule has 0 spiro atoms. The molecule has 1 aromatic carbocycles. The highest BCUT2D eigenvalue weighted by Gasteiger charge is 2.18. The molecule has 1 atom stereocenters. The van der Waals surface area contributed by atoms with E-state index in [2.05, 4.69) is 4.90 Å². The summed E-state index contributed by atoms with van der Waals surface area (Å²) in [6.07, 6.45) is 0. The average Bonchev–Trinajstić information content (AvgIpc) is 2.36. The number of anilines is 2. The van der Waals surface area contributed by atoms with Gasteiger partial charge < -0.3 is 20.1 Å². The van der Waals surface area contributed by atoms with E-state index in [1.54, 1.807) is 13.2 Å². The third kappa shape index (κ3) is 3.73. The van der Waals surface area contributed by atoms with Crippen LogP contribution in [0.1, 0.15) is 20.8 Å². The summed E-state index contributed by atoms with van der Waals surface area (Å²) >= 11 is 0. The van der Waals surface area contributed by atoms with Crippen LogP contribution in [0.2, 0.25) is 0 Å². The number of halogens is 1. The van der Waals surface area contributed by atoms with Crippen molar-refractivity contribution in [1.82, 2.24) is 0 Å². The molecule has 0 saturated heterocycles. The Morgan fingerprint density at radius 3 is 2.58 bits per heavy atom. The van der Waals surface area contributed by atoms with E-state index in [-0.39, 0.29) is 11.8 Å². The molecule has 1 unspecified atom stereocenters. The molecular formula is C14H23FN2O2. The first-order valence-corrected chi connectivity index (χ1v) is 6.52. The molecule has 0 aliphatic carbocycles. The van der Waals surface area contributed by atoms with Crippen molar-refractivity contribution in [3.8, 4) is 5.75 Å². The van der Waals surface area contributed by atoms with Gasteiger partial charge in [-0.25, -0.2) is 4.39 Å². The van der Waals surface area contributed by atoms with Crippen LogP contribution in [0.15, 0.2) is 12.1 Å². The molecule has 5 heteroatoms. The first-order chi connectivity index (χ1) is 9.04. The van der Waals surface area contributed by atoms with Gasteiger partial charge in [0.25, 0.3) is 0 Å². The van der Waals surface area contributed by atoms with Gasteiger partial charge in [0, 0.05) is 31.8 Å². The topological polar surface area (TPSA) is 47.7 Å². The van der Waals surface area contributed by atoms with Gasteiger partial charge in [0.15, 0.2) is 11.6 Å². The molecule has 4 nitrogen and oxygen atoms in total. The highest BCUT2D eigenvalue weighted by Crippen LogP contribution is 2.32. The molecule has 1 rings (SSSR count). The predicted molar refractivity (Wildman–Crippen MR) is 76.3 cm³/mol. The Bertz CT molecular complexity index is 413. The minimum atomic E-state index is -0.432. The second-order valence-corrected chi connectivity index (χ2v) is 4.36. The highest BCUT2D eigenvalue weighted by atomic mass is 19.1. The zero-order chi connectivity index (χ0) is 14.4. The summed E-state index contributed by atoms with van der Waals surface area (Å²) in [7, 11) is 1.66. The van der Waals surface area contributed by atoms with E-state index in [0.717, 1.165) is 12.2 Å². The molecule has 108 valence electrons. The van der Waals surface area contributed by atoms with Crippen molar-refractivity contribution < 1.29 is 13.9 Å². The Balaban J connectivity index is 3.11. The molecule has 0 bridgehead atoms. The van der Waals surface area contributed by atoms with Gasteiger partial charge in [-0.15, -0.1) is 0 Å². The van der Waals surface area contributed by atoms with Crippen LogP contribution in [0.4, 0.5) is 15.8 Å². The fourth-order valence-electron chi connectivity index (χ4n) is 2.12. The molecule has 0 heterocycles. The van der Waals surface area contributed by atoms with E-state index in [1.807, 2.05) is 20.8 Å². The smallest absolute Gasteiger partial charge is 0.167 e. The lowest BCUT2D eigenvalue weighted by Gasteiger charge is -2.31. The maximum Gasteiger partial charge on any atom is 0.167 e. The van der Waals surface area contributed by atoms with Gasteiger partial charge in [-0.2, -0.15) is 0 Å². The molecule has 1 aromatic rings. The average molecular weight is 270 g/mol. The van der Waals surface area contributed by atoms with E-state index in [9.17, 15) is 4.39 Å². The van der Waals surface area contributed by atoms with Gasteiger partial charge in [0.1, 0.15) is 0 Å². The molecule has 2 N–H and O–H groups in total. The highest BCUT2D eigenvalue weighted by molar-refractivity contribution is 5.70. The summed E-state index contributed by atoms with van der Waals surface area (Å²) in [5, 5.41) is 0.